The van der Waals surface area contributed by atoms with Gasteiger partial charge in [-0.1, -0.05) is 48.5 Å². The molecule has 2 amide bonds. The first-order valence-electron chi connectivity index (χ1n) is 12.4. The molecule has 1 N–H and O–H groups in total. The number of aromatic nitrogens is 1. The maximum absolute atomic E-state index is 13.9. The number of nitrogens with one attached hydrogen (secondary N) is 1. The first-order valence-corrected chi connectivity index (χ1v) is 13.6. The minimum Gasteiger partial charge on any atom is -0.496 e. The van der Waals surface area contributed by atoms with E-state index in [9.17, 15) is 9.59 Å². The number of nitrogens with zero attached hydrogens (tertiary/aromatic N) is 2. The van der Waals surface area contributed by atoms with Crippen molar-refractivity contribution in [1.29, 1.82) is 0 Å². The van der Waals surface area contributed by atoms with E-state index in [1.807, 2.05) is 66.1 Å². The predicted octanol–water partition coefficient (Wildman–Crippen LogP) is 5.15. The van der Waals surface area contributed by atoms with E-state index < -0.39 is 5.54 Å². The van der Waals surface area contributed by atoms with Gasteiger partial charge < -0.3 is 19.5 Å². The van der Waals surface area contributed by atoms with Crippen LogP contribution in [0.3, 0.4) is 0 Å². The van der Waals surface area contributed by atoms with E-state index in [0.717, 1.165) is 27.8 Å². The SMILES string of the molecule is COc1ccccc1CNC(=O)C1(C)Cn2c(cc3ccccc32)C(=O)N1CCc1ccc(SC)cc1. The Morgan fingerprint density at radius 3 is 2.54 bits per heavy atom. The van der Waals surface area contributed by atoms with Crippen LogP contribution in [0.4, 0.5) is 0 Å². The zero-order valence-electron chi connectivity index (χ0n) is 21.4. The van der Waals surface area contributed by atoms with Crippen LogP contribution in [0.2, 0.25) is 0 Å². The van der Waals surface area contributed by atoms with Crippen molar-refractivity contribution in [2.45, 2.75) is 36.9 Å². The number of benzene rings is 3. The molecule has 37 heavy (non-hydrogen) atoms. The molecule has 0 spiro atoms. The molecule has 1 atom stereocenters. The van der Waals surface area contributed by atoms with Gasteiger partial charge in [0.15, 0.2) is 0 Å². The highest BCUT2D eigenvalue weighted by atomic mass is 32.2. The molecule has 4 aromatic rings. The molecule has 6 nitrogen and oxygen atoms in total. The van der Waals surface area contributed by atoms with Gasteiger partial charge in [-0.3, -0.25) is 9.59 Å². The summed E-state index contributed by atoms with van der Waals surface area (Å²) in [6.45, 7) is 3.01. The molecule has 2 heterocycles. The minimum absolute atomic E-state index is 0.127. The van der Waals surface area contributed by atoms with E-state index in [-0.39, 0.29) is 11.8 Å². The summed E-state index contributed by atoms with van der Waals surface area (Å²) in [6, 6.07) is 25.9. The molecule has 0 saturated heterocycles. The van der Waals surface area contributed by atoms with E-state index in [1.54, 1.807) is 23.8 Å². The van der Waals surface area contributed by atoms with Gasteiger partial charge in [0.05, 0.1) is 13.7 Å². The van der Waals surface area contributed by atoms with Crippen LogP contribution < -0.4 is 10.1 Å². The number of thioether (sulfide) groups is 1. The Bertz CT molecular complexity index is 1450. The van der Waals surface area contributed by atoms with Gasteiger partial charge in [-0.25, -0.2) is 0 Å². The fourth-order valence-corrected chi connectivity index (χ4v) is 5.51. The lowest BCUT2D eigenvalue weighted by Crippen LogP contribution is -2.64. The Kier molecular flexibility index (Phi) is 6.98. The number of rotatable bonds is 8. The summed E-state index contributed by atoms with van der Waals surface area (Å²) >= 11 is 1.70. The highest BCUT2D eigenvalue weighted by Crippen LogP contribution is 2.33. The van der Waals surface area contributed by atoms with Gasteiger partial charge >= 0.3 is 0 Å². The topological polar surface area (TPSA) is 63.6 Å². The molecule has 190 valence electrons. The molecule has 0 bridgehead atoms. The molecule has 7 heteroatoms. The smallest absolute Gasteiger partial charge is 0.271 e. The van der Waals surface area contributed by atoms with Crippen molar-refractivity contribution in [2.24, 2.45) is 0 Å². The van der Waals surface area contributed by atoms with Crippen molar-refractivity contribution < 1.29 is 14.3 Å². The summed E-state index contributed by atoms with van der Waals surface area (Å²) in [6.07, 6.45) is 2.71. The summed E-state index contributed by atoms with van der Waals surface area (Å²) in [7, 11) is 1.62. The van der Waals surface area contributed by atoms with Gasteiger partial charge in [0.2, 0.25) is 5.91 Å². The molecule has 0 aliphatic carbocycles. The maximum Gasteiger partial charge on any atom is 0.271 e. The molecule has 0 saturated carbocycles. The zero-order chi connectivity index (χ0) is 26.0. The Hall–Kier alpha value is -3.71. The molecule has 3 aromatic carbocycles. The van der Waals surface area contributed by atoms with E-state index >= 15 is 0 Å². The number of amides is 2. The highest BCUT2D eigenvalue weighted by Gasteiger charge is 2.47. The second-order valence-corrected chi connectivity index (χ2v) is 10.4. The highest BCUT2D eigenvalue weighted by molar-refractivity contribution is 7.98. The molecule has 0 fully saturated rings. The van der Waals surface area contributed by atoms with E-state index in [4.69, 9.17) is 4.74 Å². The van der Waals surface area contributed by atoms with Crippen LogP contribution in [0.1, 0.15) is 28.5 Å². The molecule has 1 aliphatic heterocycles. The van der Waals surface area contributed by atoms with Gasteiger partial charge in [0.1, 0.15) is 17.0 Å². The van der Waals surface area contributed by atoms with Gasteiger partial charge in [-0.05, 0) is 55.5 Å². The number of ether oxygens (including phenoxy) is 1. The van der Waals surface area contributed by atoms with Crippen LogP contribution in [0.5, 0.6) is 5.75 Å². The zero-order valence-corrected chi connectivity index (χ0v) is 22.2. The first-order chi connectivity index (χ1) is 17.9. The normalized spacial score (nSPS) is 17.1. The molecule has 1 aliphatic rings. The third-order valence-corrected chi connectivity index (χ3v) is 7.98. The van der Waals surface area contributed by atoms with Gasteiger partial charge in [-0.2, -0.15) is 0 Å². The monoisotopic (exact) mass is 513 g/mol. The largest absolute Gasteiger partial charge is 0.496 e. The number of hydrogen-bond acceptors (Lipinski definition) is 4. The van der Waals surface area contributed by atoms with Crippen LogP contribution in [0.25, 0.3) is 10.9 Å². The Morgan fingerprint density at radius 2 is 1.78 bits per heavy atom. The minimum atomic E-state index is -1.06. The van der Waals surface area contributed by atoms with Gasteiger partial charge in [-0.15, -0.1) is 11.8 Å². The predicted molar refractivity (Wildman–Crippen MR) is 148 cm³/mol. The average molecular weight is 514 g/mol. The Balaban J connectivity index is 1.46. The van der Waals surface area contributed by atoms with Crippen molar-refractivity contribution in [3.8, 4) is 5.75 Å². The van der Waals surface area contributed by atoms with Gasteiger partial charge in [0.25, 0.3) is 5.91 Å². The number of fused-ring (bicyclic) bond motifs is 3. The summed E-state index contributed by atoms with van der Waals surface area (Å²) in [4.78, 5) is 30.7. The molecule has 1 aromatic heterocycles. The quantitative estimate of drug-likeness (QED) is 0.331. The summed E-state index contributed by atoms with van der Waals surface area (Å²) in [5, 5.41) is 4.09. The number of hydrogen-bond donors (Lipinski definition) is 1. The third kappa shape index (κ3) is 4.71. The molecule has 0 radical (unpaired) electrons. The third-order valence-electron chi connectivity index (χ3n) is 7.24. The van der Waals surface area contributed by atoms with Crippen molar-refractivity contribution in [3.05, 3.63) is 95.7 Å². The molecular weight excluding hydrogens is 482 g/mol. The second kappa shape index (κ2) is 10.3. The number of carbonyl (C=O) groups excluding carboxylic acids is 2. The van der Waals surface area contributed by atoms with Gasteiger partial charge in [0, 0.05) is 34.5 Å². The lowest BCUT2D eigenvalue weighted by molar-refractivity contribution is -0.133. The maximum atomic E-state index is 13.9. The Labute approximate surface area is 221 Å². The first kappa shape index (κ1) is 25.0. The van der Waals surface area contributed by atoms with Crippen molar-refractivity contribution in [3.63, 3.8) is 0 Å². The number of para-hydroxylation sites is 2. The average Bonchev–Trinajstić information content (AvgIpc) is 3.30. The lowest BCUT2D eigenvalue weighted by Gasteiger charge is -2.44. The number of methoxy groups -OCH3 is 1. The fraction of sp³-hybridized carbons (Fsp3) is 0.267. The van der Waals surface area contributed by atoms with E-state index in [0.29, 0.717) is 31.7 Å². The van der Waals surface area contributed by atoms with Crippen LogP contribution in [-0.2, 0) is 24.3 Å². The van der Waals surface area contributed by atoms with Crippen LogP contribution >= 0.6 is 11.8 Å². The van der Waals surface area contributed by atoms with Crippen molar-refractivity contribution in [1.82, 2.24) is 14.8 Å². The fourth-order valence-electron chi connectivity index (χ4n) is 5.10. The Morgan fingerprint density at radius 1 is 1.05 bits per heavy atom. The van der Waals surface area contributed by atoms with E-state index in [1.165, 1.54) is 4.90 Å². The van der Waals surface area contributed by atoms with Crippen LogP contribution in [0, 0.1) is 0 Å². The van der Waals surface area contributed by atoms with Crippen LogP contribution in [0.15, 0.2) is 83.8 Å². The standard InChI is InChI=1S/C30H31N3O3S/c1-30(29(35)31-19-23-9-5-7-11-27(23)36-2)20-32-25-10-6-4-8-22(25)18-26(32)28(34)33(30)17-16-21-12-14-24(37-3)15-13-21/h4-15,18H,16-17,19-20H2,1-3H3,(H,31,35). The molecular formula is C30H31N3O3S. The van der Waals surface area contributed by atoms with Crippen molar-refractivity contribution >= 4 is 34.5 Å². The number of carbonyl (C=O) groups is 2. The van der Waals surface area contributed by atoms with E-state index in [2.05, 4.69) is 35.8 Å². The summed E-state index contributed by atoms with van der Waals surface area (Å²) in [5.41, 5.74) is 2.54. The summed E-state index contributed by atoms with van der Waals surface area (Å²) < 4.78 is 7.44. The molecule has 1 unspecified atom stereocenters. The van der Waals surface area contributed by atoms with Crippen molar-refractivity contribution in [2.75, 3.05) is 19.9 Å². The molecule has 5 rings (SSSR count). The van der Waals surface area contributed by atoms with Crippen LogP contribution in [-0.4, -0.2) is 46.7 Å². The lowest BCUT2D eigenvalue weighted by atomic mass is 9.93. The second-order valence-electron chi connectivity index (χ2n) is 9.50. The summed E-state index contributed by atoms with van der Waals surface area (Å²) in [5.74, 6) is 0.406.